The summed E-state index contributed by atoms with van der Waals surface area (Å²) in [7, 11) is 0. The molecule has 1 atom stereocenters. The molecular formula is C16H26N2O. The number of benzene rings is 1. The van der Waals surface area contributed by atoms with Gasteiger partial charge in [-0.05, 0) is 30.4 Å². The van der Waals surface area contributed by atoms with E-state index in [2.05, 4.69) is 55.7 Å². The largest absolute Gasteiger partial charge is 0.355 e. The predicted molar refractivity (Wildman–Crippen MR) is 80.1 cm³/mol. The summed E-state index contributed by atoms with van der Waals surface area (Å²) < 4.78 is 0. The van der Waals surface area contributed by atoms with Crippen LogP contribution >= 0.6 is 0 Å². The molecule has 0 radical (unpaired) electrons. The van der Waals surface area contributed by atoms with Gasteiger partial charge in [-0.2, -0.15) is 0 Å². The minimum Gasteiger partial charge on any atom is -0.355 e. The molecule has 1 amide bonds. The summed E-state index contributed by atoms with van der Waals surface area (Å²) in [6.45, 7) is 9.61. The van der Waals surface area contributed by atoms with Gasteiger partial charge in [-0.3, -0.25) is 4.79 Å². The Morgan fingerprint density at radius 3 is 2.26 bits per heavy atom. The zero-order chi connectivity index (χ0) is 14.3. The molecule has 0 saturated carbocycles. The van der Waals surface area contributed by atoms with Gasteiger partial charge in [-0.1, -0.05) is 38.1 Å². The smallest absolute Gasteiger partial charge is 0.216 e. The molecule has 1 aromatic carbocycles. The van der Waals surface area contributed by atoms with Gasteiger partial charge in [0.2, 0.25) is 5.91 Å². The molecule has 0 aliphatic carbocycles. The van der Waals surface area contributed by atoms with Gasteiger partial charge < -0.3 is 10.6 Å². The number of carbonyl (C=O) groups is 1. The maximum absolute atomic E-state index is 10.7. The maximum Gasteiger partial charge on any atom is 0.216 e. The van der Waals surface area contributed by atoms with Crippen LogP contribution in [0.2, 0.25) is 0 Å². The molecule has 3 heteroatoms. The summed E-state index contributed by atoms with van der Waals surface area (Å²) in [6.07, 6.45) is 1.13. The lowest BCUT2D eigenvalue weighted by atomic mass is 10.00. The van der Waals surface area contributed by atoms with Crippen molar-refractivity contribution in [1.82, 2.24) is 10.6 Å². The van der Waals surface area contributed by atoms with Crippen molar-refractivity contribution in [1.29, 1.82) is 0 Å². The average molecular weight is 262 g/mol. The van der Waals surface area contributed by atoms with Crippen LogP contribution in [-0.4, -0.2) is 19.0 Å². The van der Waals surface area contributed by atoms with Gasteiger partial charge in [0.15, 0.2) is 0 Å². The van der Waals surface area contributed by atoms with Crippen molar-refractivity contribution in [3.05, 3.63) is 35.4 Å². The molecule has 2 N–H and O–H groups in total. The molecule has 106 valence electrons. The summed E-state index contributed by atoms with van der Waals surface area (Å²) in [6, 6.07) is 9.10. The highest BCUT2D eigenvalue weighted by atomic mass is 16.1. The normalized spacial score (nSPS) is 12.5. The molecule has 3 nitrogen and oxygen atoms in total. The summed E-state index contributed by atoms with van der Waals surface area (Å²) in [4.78, 5) is 10.7. The molecule has 0 aromatic heterocycles. The third-order valence-corrected chi connectivity index (χ3v) is 3.07. The Hall–Kier alpha value is -1.35. The van der Waals surface area contributed by atoms with Crippen LogP contribution < -0.4 is 10.6 Å². The number of amides is 1. The van der Waals surface area contributed by atoms with Crippen molar-refractivity contribution in [2.75, 3.05) is 13.1 Å². The molecule has 0 aliphatic rings. The van der Waals surface area contributed by atoms with Crippen LogP contribution in [0.5, 0.6) is 0 Å². The number of hydrogen-bond donors (Lipinski definition) is 2. The van der Waals surface area contributed by atoms with Crippen molar-refractivity contribution in [3.8, 4) is 0 Å². The van der Waals surface area contributed by atoms with E-state index in [0.29, 0.717) is 18.5 Å². The molecule has 19 heavy (non-hydrogen) atoms. The molecular weight excluding hydrogens is 236 g/mol. The minimum absolute atomic E-state index is 0.0208. The van der Waals surface area contributed by atoms with Crippen LogP contribution in [0.25, 0.3) is 0 Å². The van der Waals surface area contributed by atoms with Crippen LogP contribution in [0.15, 0.2) is 24.3 Å². The van der Waals surface area contributed by atoms with Crippen LogP contribution in [0.1, 0.15) is 44.9 Å². The second-order valence-electron chi connectivity index (χ2n) is 5.50. The Balaban J connectivity index is 2.39. The van der Waals surface area contributed by atoms with Crippen LogP contribution in [-0.2, 0) is 11.2 Å². The highest BCUT2D eigenvalue weighted by Crippen LogP contribution is 2.15. The van der Waals surface area contributed by atoms with E-state index in [1.54, 1.807) is 0 Å². The molecule has 0 spiro atoms. The number of carbonyl (C=O) groups excluding carboxylic acids is 1. The first kappa shape index (κ1) is 15.7. The minimum atomic E-state index is 0.0208. The molecule has 0 saturated heterocycles. The Kier molecular flexibility index (Phi) is 6.57. The zero-order valence-corrected chi connectivity index (χ0v) is 12.5. The fraction of sp³-hybridized carbons (Fsp3) is 0.562. The second kappa shape index (κ2) is 7.95. The Morgan fingerprint density at radius 1 is 1.11 bits per heavy atom. The van der Waals surface area contributed by atoms with E-state index in [1.807, 2.05) is 0 Å². The quantitative estimate of drug-likeness (QED) is 0.742. The van der Waals surface area contributed by atoms with Gasteiger partial charge in [0.25, 0.3) is 0 Å². The van der Waals surface area contributed by atoms with E-state index < -0.39 is 0 Å². The second-order valence-corrected chi connectivity index (χ2v) is 5.50. The van der Waals surface area contributed by atoms with Gasteiger partial charge in [0, 0.05) is 26.1 Å². The molecule has 1 rings (SSSR count). The van der Waals surface area contributed by atoms with Gasteiger partial charge in [0.1, 0.15) is 0 Å². The molecule has 0 aliphatic heterocycles. The average Bonchev–Trinajstić information content (AvgIpc) is 2.34. The van der Waals surface area contributed by atoms with E-state index >= 15 is 0 Å². The SMILES string of the molecule is CC(=O)NCCNC(C)c1ccc(CC(C)C)cc1. The molecule has 0 heterocycles. The molecule has 1 aromatic rings. The summed E-state index contributed by atoms with van der Waals surface area (Å²) >= 11 is 0. The first-order chi connectivity index (χ1) is 8.99. The number of hydrogen-bond acceptors (Lipinski definition) is 2. The van der Waals surface area contributed by atoms with Crippen LogP contribution in [0, 0.1) is 5.92 Å². The monoisotopic (exact) mass is 262 g/mol. The Morgan fingerprint density at radius 2 is 1.74 bits per heavy atom. The maximum atomic E-state index is 10.7. The topological polar surface area (TPSA) is 41.1 Å². The first-order valence-electron chi connectivity index (χ1n) is 7.05. The summed E-state index contributed by atoms with van der Waals surface area (Å²) in [5, 5.41) is 6.18. The van der Waals surface area contributed by atoms with Gasteiger partial charge in [-0.25, -0.2) is 0 Å². The standard InChI is InChI=1S/C16H26N2O/c1-12(2)11-15-5-7-16(8-6-15)13(3)17-9-10-18-14(4)19/h5-8,12-13,17H,9-11H2,1-4H3,(H,18,19). The third kappa shape index (κ3) is 6.39. The van der Waals surface area contributed by atoms with Crippen LogP contribution in [0.4, 0.5) is 0 Å². The van der Waals surface area contributed by atoms with Gasteiger partial charge >= 0.3 is 0 Å². The van der Waals surface area contributed by atoms with Crippen LogP contribution in [0.3, 0.4) is 0 Å². The van der Waals surface area contributed by atoms with Crippen molar-refractivity contribution in [2.45, 2.75) is 40.2 Å². The van der Waals surface area contributed by atoms with E-state index in [9.17, 15) is 4.79 Å². The highest BCUT2D eigenvalue weighted by Gasteiger charge is 2.05. The number of nitrogens with one attached hydrogen (secondary N) is 2. The Labute approximate surface area is 116 Å². The van der Waals surface area contributed by atoms with Crippen molar-refractivity contribution >= 4 is 5.91 Å². The zero-order valence-electron chi connectivity index (χ0n) is 12.5. The van der Waals surface area contributed by atoms with E-state index in [4.69, 9.17) is 0 Å². The summed E-state index contributed by atoms with van der Waals surface area (Å²) in [5.41, 5.74) is 2.68. The predicted octanol–water partition coefficient (Wildman–Crippen LogP) is 2.67. The molecule has 1 unspecified atom stereocenters. The molecule has 0 bridgehead atoms. The van der Waals surface area contributed by atoms with Gasteiger partial charge in [0.05, 0.1) is 0 Å². The number of rotatable bonds is 7. The van der Waals surface area contributed by atoms with E-state index in [-0.39, 0.29) is 5.91 Å². The van der Waals surface area contributed by atoms with E-state index in [0.717, 1.165) is 13.0 Å². The lowest BCUT2D eigenvalue weighted by molar-refractivity contribution is -0.118. The van der Waals surface area contributed by atoms with Crippen molar-refractivity contribution in [2.24, 2.45) is 5.92 Å². The fourth-order valence-corrected chi connectivity index (χ4v) is 2.06. The lowest BCUT2D eigenvalue weighted by Gasteiger charge is -2.15. The fourth-order valence-electron chi connectivity index (χ4n) is 2.06. The molecule has 0 fully saturated rings. The van der Waals surface area contributed by atoms with Gasteiger partial charge in [-0.15, -0.1) is 0 Å². The third-order valence-electron chi connectivity index (χ3n) is 3.07. The highest BCUT2D eigenvalue weighted by molar-refractivity contribution is 5.72. The first-order valence-corrected chi connectivity index (χ1v) is 7.05. The Bertz CT molecular complexity index is 384. The summed E-state index contributed by atoms with van der Waals surface area (Å²) in [5.74, 6) is 0.714. The van der Waals surface area contributed by atoms with E-state index in [1.165, 1.54) is 18.1 Å². The van der Waals surface area contributed by atoms with Crippen molar-refractivity contribution < 1.29 is 4.79 Å². The lowest BCUT2D eigenvalue weighted by Crippen LogP contribution is -2.31. The van der Waals surface area contributed by atoms with Crippen molar-refractivity contribution in [3.63, 3.8) is 0 Å².